The van der Waals surface area contributed by atoms with Crippen molar-refractivity contribution in [1.82, 2.24) is 5.32 Å². The molecule has 0 aliphatic heterocycles. The molecule has 1 aromatic carbocycles. The molecule has 17 heavy (non-hydrogen) atoms. The van der Waals surface area contributed by atoms with Crippen LogP contribution in [-0.4, -0.2) is 17.9 Å². The van der Waals surface area contributed by atoms with E-state index >= 15 is 0 Å². The lowest BCUT2D eigenvalue weighted by Crippen LogP contribution is -2.44. The first kappa shape index (κ1) is 13.9. The van der Waals surface area contributed by atoms with Crippen LogP contribution in [0.4, 0.5) is 0 Å². The molecule has 0 fully saturated rings. The minimum Gasteiger partial charge on any atom is -0.305 e. The van der Waals surface area contributed by atoms with Crippen molar-refractivity contribution in [2.24, 2.45) is 5.92 Å². The monoisotopic (exact) mass is 235 g/mol. The van der Waals surface area contributed by atoms with Crippen molar-refractivity contribution in [1.29, 1.82) is 0 Å². The van der Waals surface area contributed by atoms with Crippen LogP contribution >= 0.6 is 0 Å². The lowest BCUT2D eigenvalue weighted by molar-refractivity contribution is -0.124. The van der Waals surface area contributed by atoms with E-state index in [1.165, 1.54) is 5.56 Å². The molecule has 2 heteroatoms. The number of ketones is 1. The Bertz CT molecular complexity index is 349. The number of benzene rings is 1. The summed E-state index contributed by atoms with van der Waals surface area (Å²) in [4.78, 5) is 12.1. The Labute approximate surface area is 106 Å². The van der Waals surface area contributed by atoms with Crippen LogP contribution in [0.3, 0.4) is 0 Å². The maximum atomic E-state index is 12.1. The summed E-state index contributed by atoms with van der Waals surface area (Å²) in [6.45, 7) is 8.07. The van der Waals surface area contributed by atoms with Crippen molar-refractivity contribution in [3.8, 4) is 0 Å². The van der Waals surface area contributed by atoms with E-state index in [9.17, 15) is 4.79 Å². The Hall–Kier alpha value is -1.15. The molecule has 0 bridgehead atoms. The second kappa shape index (κ2) is 6.55. The molecule has 1 N–H and O–H groups in total. The van der Waals surface area contributed by atoms with Crippen molar-refractivity contribution < 1.29 is 6.22 Å². The molecule has 0 saturated carbocycles. The fraction of sp³-hybridized carbons (Fsp3) is 0.533. The molecule has 0 aromatic heterocycles. The second-order valence-electron chi connectivity index (χ2n) is 5.12. The molecule has 0 radical (unpaired) electrons. The van der Waals surface area contributed by atoms with Gasteiger partial charge < -0.3 is 5.32 Å². The Morgan fingerprint density at radius 1 is 1.18 bits per heavy atom. The van der Waals surface area contributed by atoms with Gasteiger partial charge >= 0.3 is 0 Å². The zero-order valence-corrected chi connectivity index (χ0v) is 11.2. The highest BCUT2D eigenvalue weighted by Gasteiger charge is 2.21. The SMILES string of the molecule is CC(C)NC(Cc1ccccc1)C(=O)C(C)C.[HH]. The Balaban J connectivity index is 0.00000289. The third-order valence-electron chi connectivity index (χ3n) is 2.73. The molecular formula is C15H25NO. The van der Waals surface area contributed by atoms with Gasteiger partial charge in [0.1, 0.15) is 0 Å². The van der Waals surface area contributed by atoms with Crippen LogP contribution in [0.25, 0.3) is 0 Å². The van der Waals surface area contributed by atoms with Gasteiger partial charge in [0.2, 0.25) is 0 Å². The maximum Gasteiger partial charge on any atom is 0.152 e. The van der Waals surface area contributed by atoms with Crippen molar-refractivity contribution in [3.63, 3.8) is 0 Å². The Morgan fingerprint density at radius 3 is 2.24 bits per heavy atom. The normalized spacial score (nSPS) is 13.1. The van der Waals surface area contributed by atoms with Crippen LogP contribution in [0.2, 0.25) is 0 Å². The molecule has 96 valence electrons. The highest BCUT2D eigenvalue weighted by molar-refractivity contribution is 5.86. The predicted octanol–water partition coefficient (Wildman–Crippen LogP) is 3.07. The topological polar surface area (TPSA) is 29.1 Å². The van der Waals surface area contributed by atoms with Gasteiger partial charge in [-0.25, -0.2) is 0 Å². The molecule has 0 spiro atoms. The molecule has 1 unspecified atom stereocenters. The summed E-state index contributed by atoms with van der Waals surface area (Å²) in [6.07, 6.45) is 0.774. The maximum absolute atomic E-state index is 12.1. The largest absolute Gasteiger partial charge is 0.305 e. The van der Waals surface area contributed by atoms with Gasteiger partial charge in [0.15, 0.2) is 5.78 Å². The average molecular weight is 235 g/mol. The average Bonchev–Trinajstić information content (AvgIpc) is 2.28. The summed E-state index contributed by atoms with van der Waals surface area (Å²) < 4.78 is 0. The first-order chi connectivity index (χ1) is 8.00. The smallest absolute Gasteiger partial charge is 0.152 e. The lowest BCUT2D eigenvalue weighted by atomic mass is 9.95. The molecule has 0 saturated heterocycles. The van der Waals surface area contributed by atoms with E-state index in [0.29, 0.717) is 11.8 Å². The van der Waals surface area contributed by atoms with Crippen molar-refractivity contribution in [2.75, 3.05) is 0 Å². The Kier molecular flexibility index (Phi) is 5.36. The molecule has 2 nitrogen and oxygen atoms in total. The van der Waals surface area contributed by atoms with E-state index in [0.717, 1.165) is 6.42 Å². The highest BCUT2D eigenvalue weighted by atomic mass is 16.1. The fourth-order valence-electron chi connectivity index (χ4n) is 1.90. The van der Waals surface area contributed by atoms with Gasteiger partial charge in [-0.2, -0.15) is 0 Å². The van der Waals surface area contributed by atoms with E-state index in [4.69, 9.17) is 0 Å². The summed E-state index contributed by atoms with van der Waals surface area (Å²) in [5.74, 6) is 0.373. The molecular weight excluding hydrogens is 210 g/mol. The summed E-state index contributed by atoms with van der Waals surface area (Å²) in [5, 5.41) is 3.36. The van der Waals surface area contributed by atoms with Crippen LogP contribution in [0.1, 0.15) is 34.7 Å². The van der Waals surface area contributed by atoms with Gasteiger partial charge in [0.05, 0.1) is 6.04 Å². The van der Waals surface area contributed by atoms with E-state index in [-0.39, 0.29) is 13.4 Å². The van der Waals surface area contributed by atoms with Gasteiger partial charge in [-0.1, -0.05) is 58.0 Å². The third-order valence-corrected chi connectivity index (χ3v) is 2.73. The van der Waals surface area contributed by atoms with Crippen molar-refractivity contribution in [2.45, 2.75) is 46.2 Å². The zero-order valence-electron chi connectivity index (χ0n) is 11.2. The number of rotatable bonds is 6. The van der Waals surface area contributed by atoms with Gasteiger partial charge in [-0.15, -0.1) is 0 Å². The van der Waals surface area contributed by atoms with Crippen molar-refractivity contribution >= 4 is 5.78 Å². The van der Waals surface area contributed by atoms with Crippen LogP contribution in [0.15, 0.2) is 30.3 Å². The third kappa shape index (κ3) is 4.70. The number of nitrogens with one attached hydrogen (secondary N) is 1. The van der Waals surface area contributed by atoms with Gasteiger partial charge in [0, 0.05) is 13.4 Å². The molecule has 1 aromatic rings. The summed E-state index contributed by atoms with van der Waals surface area (Å²) in [5.41, 5.74) is 1.21. The van der Waals surface area contributed by atoms with E-state index in [2.05, 4.69) is 31.3 Å². The van der Waals surface area contributed by atoms with E-state index < -0.39 is 0 Å². The summed E-state index contributed by atoms with van der Waals surface area (Å²) in [7, 11) is 0. The first-order valence-electron chi connectivity index (χ1n) is 6.34. The van der Waals surface area contributed by atoms with Crippen LogP contribution in [0.5, 0.6) is 0 Å². The summed E-state index contributed by atoms with van der Waals surface area (Å²) in [6, 6.07) is 10.4. The van der Waals surface area contributed by atoms with Crippen LogP contribution in [0, 0.1) is 5.92 Å². The lowest BCUT2D eigenvalue weighted by Gasteiger charge is -2.22. The number of hydrogen-bond donors (Lipinski definition) is 1. The van der Waals surface area contributed by atoms with Gasteiger partial charge in [-0.05, 0) is 12.0 Å². The quantitative estimate of drug-likeness (QED) is 0.821. The number of carbonyl (C=O) groups is 1. The number of Topliss-reactive ketones (excluding diaryl/α,β-unsaturated/α-hetero) is 1. The van der Waals surface area contributed by atoms with Gasteiger partial charge in [-0.3, -0.25) is 4.79 Å². The highest BCUT2D eigenvalue weighted by Crippen LogP contribution is 2.09. The first-order valence-corrected chi connectivity index (χ1v) is 6.34. The number of carbonyl (C=O) groups excluding carboxylic acids is 1. The second-order valence-corrected chi connectivity index (χ2v) is 5.12. The van der Waals surface area contributed by atoms with Gasteiger partial charge in [0.25, 0.3) is 0 Å². The zero-order chi connectivity index (χ0) is 12.8. The molecule has 1 rings (SSSR count). The fourth-order valence-corrected chi connectivity index (χ4v) is 1.90. The van der Waals surface area contributed by atoms with E-state index in [1.54, 1.807) is 0 Å². The molecule has 0 amide bonds. The van der Waals surface area contributed by atoms with Crippen LogP contribution in [-0.2, 0) is 11.2 Å². The minimum absolute atomic E-state index is 0. The molecule has 1 atom stereocenters. The minimum atomic E-state index is -0.0719. The van der Waals surface area contributed by atoms with Crippen LogP contribution < -0.4 is 5.32 Å². The molecule has 0 heterocycles. The molecule has 0 aliphatic rings. The van der Waals surface area contributed by atoms with E-state index in [1.807, 2.05) is 32.0 Å². The summed E-state index contributed by atoms with van der Waals surface area (Å²) >= 11 is 0. The Morgan fingerprint density at radius 2 is 1.76 bits per heavy atom. The standard InChI is InChI=1S/C15H23NO.H2/c1-11(2)15(17)14(16-12(3)4)10-13-8-6-5-7-9-13;/h5-9,11-12,14,16H,10H2,1-4H3;1H. The predicted molar refractivity (Wildman–Crippen MR) is 74.2 cm³/mol. The number of hydrogen-bond acceptors (Lipinski definition) is 2. The van der Waals surface area contributed by atoms with Crippen molar-refractivity contribution in [3.05, 3.63) is 35.9 Å². The molecule has 0 aliphatic carbocycles.